The summed E-state index contributed by atoms with van der Waals surface area (Å²) < 4.78 is 11.1. The van der Waals surface area contributed by atoms with Crippen LogP contribution in [-0.2, 0) is 14.9 Å². The third-order valence-electron chi connectivity index (χ3n) is 8.77. The first-order valence-corrected chi connectivity index (χ1v) is 15.4. The monoisotopic (exact) mass is 558 g/mol. The topological polar surface area (TPSA) is 35.5 Å². The van der Waals surface area contributed by atoms with E-state index >= 15 is 0 Å². The van der Waals surface area contributed by atoms with Crippen molar-refractivity contribution in [1.29, 1.82) is 0 Å². The molecule has 1 aliphatic rings. The van der Waals surface area contributed by atoms with Crippen LogP contribution in [0.25, 0.3) is 33.4 Å². The average Bonchev–Trinajstić information content (AvgIpc) is 3.32. The van der Waals surface area contributed by atoms with Gasteiger partial charge in [-0.15, -0.1) is 0 Å². The number of hydrogen-bond acceptors (Lipinski definition) is 3. The van der Waals surface area contributed by atoms with E-state index in [1.165, 1.54) is 44.5 Å². The molecule has 0 radical (unpaired) electrons. The van der Waals surface area contributed by atoms with Crippen molar-refractivity contribution in [2.75, 3.05) is 13.2 Å². The van der Waals surface area contributed by atoms with Crippen molar-refractivity contribution >= 4 is 5.97 Å². The van der Waals surface area contributed by atoms with Crippen LogP contribution in [0.15, 0.2) is 103 Å². The van der Waals surface area contributed by atoms with Gasteiger partial charge in [0.05, 0.1) is 13.2 Å². The molecule has 0 amide bonds. The smallest absolute Gasteiger partial charge is 0.333 e. The Hall–Kier alpha value is -4.11. The van der Waals surface area contributed by atoms with Gasteiger partial charge in [-0.05, 0) is 108 Å². The van der Waals surface area contributed by atoms with Crippen LogP contribution in [0.5, 0.6) is 5.75 Å². The minimum atomic E-state index is -0.307. The van der Waals surface area contributed by atoms with E-state index < -0.39 is 0 Å². The Morgan fingerprint density at radius 3 is 1.86 bits per heavy atom. The Bertz CT molecular complexity index is 1530. The largest absolute Gasteiger partial charge is 0.494 e. The molecule has 42 heavy (non-hydrogen) atoms. The highest BCUT2D eigenvalue weighted by Gasteiger charge is 2.40. The van der Waals surface area contributed by atoms with Gasteiger partial charge in [-0.3, -0.25) is 0 Å². The summed E-state index contributed by atoms with van der Waals surface area (Å²) in [7, 11) is 0. The van der Waals surface area contributed by atoms with Crippen molar-refractivity contribution in [2.45, 2.75) is 64.7 Å². The number of ether oxygens (including phenoxy) is 2. The number of rotatable bonds is 13. The molecule has 0 saturated carbocycles. The second-order valence-corrected chi connectivity index (χ2v) is 11.4. The van der Waals surface area contributed by atoms with Crippen LogP contribution in [-0.4, -0.2) is 19.2 Å². The van der Waals surface area contributed by atoms with Crippen molar-refractivity contribution in [3.05, 3.63) is 114 Å². The normalized spacial score (nSPS) is 12.8. The molecule has 3 nitrogen and oxygen atoms in total. The molecule has 0 bridgehead atoms. The van der Waals surface area contributed by atoms with Crippen LogP contribution in [0, 0.1) is 0 Å². The quantitative estimate of drug-likeness (QED) is 0.0930. The molecule has 0 aliphatic heterocycles. The van der Waals surface area contributed by atoms with Crippen LogP contribution < -0.4 is 4.74 Å². The molecule has 0 spiro atoms. The number of carbonyl (C=O) groups excluding carboxylic acids is 1. The standard InChI is InChI=1S/C39H42O3/c1-5-39(6-2)36-14-10-9-13-34(36)35-24-21-32(27-37(35)39)31-17-15-29(16-18-31)30-19-22-33(23-20-30)41-25-11-7-8-12-26-42-38(40)28(3)4/h9-10,13-24,27H,3,5-8,11-12,25-26H2,1-2,4H3. The number of esters is 1. The van der Waals surface area contributed by atoms with E-state index in [0.29, 0.717) is 18.8 Å². The van der Waals surface area contributed by atoms with Crippen molar-refractivity contribution in [3.63, 3.8) is 0 Å². The van der Waals surface area contributed by atoms with E-state index in [1.807, 2.05) is 12.1 Å². The van der Waals surface area contributed by atoms with Gasteiger partial charge in [0, 0.05) is 11.0 Å². The Labute approximate surface area is 251 Å². The summed E-state index contributed by atoms with van der Waals surface area (Å²) in [5.41, 5.74) is 11.2. The van der Waals surface area contributed by atoms with Gasteiger partial charge in [-0.2, -0.15) is 0 Å². The summed E-state index contributed by atoms with van der Waals surface area (Å²) in [4.78, 5) is 11.4. The summed E-state index contributed by atoms with van der Waals surface area (Å²) in [5.74, 6) is 0.582. The summed E-state index contributed by atoms with van der Waals surface area (Å²) in [5, 5.41) is 0. The molecule has 0 saturated heterocycles. The zero-order valence-corrected chi connectivity index (χ0v) is 25.2. The molecule has 1 aliphatic carbocycles. The third-order valence-corrected chi connectivity index (χ3v) is 8.77. The van der Waals surface area contributed by atoms with Crippen LogP contribution in [0.3, 0.4) is 0 Å². The first kappa shape index (κ1) is 29.4. The Kier molecular flexibility index (Phi) is 9.27. The lowest BCUT2D eigenvalue weighted by molar-refractivity contribution is -0.139. The van der Waals surface area contributed by atoms with Crippen molar-refractivity contribution < 1.29 is 14.3 Å². The maximum Gasteiger partial charge on any atom is 0.333 e. The van der Waals surface area contributed by atoms with Gasteiger partial charge in [0.15, 0.2) is 0 Å². The van der Waals surface area contributed by atoms with Crippen LogP contribution in [0.2, 0.25) is 0 Å². The molecule has 0 unspecified atom stereocenters. The minimum absolute atomic E-state index is 0.0901. The van der Waals surface area contributed by atoms with Gasteiger partial charge in [-0.1, -0.05) is 93.2 Å². The minimum Gasteiger partial charge on any atom is -0.494 e. The maximum absolute atomic E-state index is 11.4. The summed E-state index contributed by atoms with van der Waals surface area (Å²) in [6.07, 6.45) is 6.10. The molecule has 216 valence electrons. The lowest BCUT2D eigenvalue weighted by Crippen LogP contribution is -2.23. The van der Waals surface area contributed by atoms with Crippen LogP contribution >= 0.6 is 0 Å². The number of fused-ring (bicyclic) bond motifs is 3. The lowest BCUT2D eigenvalue weighted by atomic mass is 9.73. The molecule has 0 heterocycles. The van der Waals surface area contributed by atoms with E-state index in [4.69, 9.17) is 9.47 Å². The summed E-state index contributed by atoms with van der Waals surface area (Å²) in [6, 6.07) is 33.2. The molecule has 4 aromatic rings. The van der Waals surface area contributed by atoms with Crippen molar-refractivity contribution in [2.24, 2.45) is 0 Å². The van der Waals surface area contributed by atoms with E-state index in [9.17, 15) is 4.79 Å². The van der Waals surface area contributed by atoms with Crippen LogP contribution in [0.1, 0.15) is 70.4 Å². The average molecular weight is 559 g/mol. The van der Waals surface area contributed by atoms with Gasteiger partial charge < -0.3 is 9.47 Å². The highest BCUT2D eigenvalue weighted by Crippen LogP contribution is 2.53. The number of hydrogen-bond donors (Lipinski definition) is 0. The predicted octanol–water partition coefficient (Wildman–Crippen LogP) is 10.2. The Balaban J connectivity index is 1.17. The molecular weight excluding hydrogens is 516 g/mol. The van der Waals surface area contributed by atoms with E-state index in [0.717, 1.165) is 44.3 Å². The predicted molar refractivity (Wildman–Crippen MR) is 174 cm³/mol. The summed E-state index contributed by atoms with van der Waals surface area (Å²) in [6.45, 7) is 11.0. The fraction of sp³-hybridized carbons (Fsp3) is 0.308. The zero-order valence-electron chi connectivity index (χ0n) is 25.2. The van der Waals surface area contributed by atoms with Gasteiger partial charge in [0.2, 0.25) is 0 Å². The van der Waals surface area contributed by atoms with Crippen molar-refractivity contribution in [3.8, 4) is 39.1 Å². The third kappa shape index (κ3) is 6.06. The molecule has 5 rings (SSSR count). The molecule has 0 fully saturated rings. The van der Waals surface area contributed by atoms with Gasteiger partial charge in [-0.25, -0.2) is 4.79 Å². The molecule has 0 atom stereocenters. The zero-order chi connectivity index (χ0) is 29.5. The lowest BCUT2D eigenvalue weighted by Gasteiger charge is -2.30. The Morgan fingerprint density at radius 2 is 1.21 bits per heavy atom. The van der Waals surface area contributed by atoms with Gasteiger partial charge in [0.25, 0.3) is 0 Å². The van der Waals surface area contributed by atoms with E-state index in [1.54, 1.807) is 6.92 Å². The number of benzene rings is 4. The first-order valence-electron chi connectivity index (χ1n) is 15.4. The van der Waals surface area contributed by atoms with E-state index in [2.05, 4.69) is 99.3 Å². The highest BCUT2D eigenvalue weighted by atomic mass is 16.5. The molecular formula is C39H42O3. The van der Waals surface area contributed by atoms with Gasteiger partial charge in [0.1, 0.15) is 5.75 Å². The molecule has 0 aromatic heterocycles. The molecule has 3 heteroatoms. The molecule has 0 N–H and O–H groups in total. The Morgan fingerprint density at radius 1 is 0.667 bits per heavy atom. The highest BCUT2D eigenvalue weighted by molar-refractivity contribution is 5.87. The maximum atomic E-state index is 11.4. The second-order valence-electron chi connectivity index (χ2n) is 11.4. The second kappa shape index (κ2) is 13.2. The fourth-order valence-electron chi connectivity index (χ4n) is 6.28. The van der Waals surface area contributed by atoms with E-state index in [-0.39, 0.29) is 11.4 Å². The SMILES string of the molecule is C=C(C)C(=O)OCCCCCCOc1ccc(-c2ccc(-c3ccc4c(c3)C(CC)(CC)c3ccccc3-4)cc2)cc1. The number of unbranched alkanes of at least 4 members (excludes halogenated alkanes) is 3. The summed E-state index contributed by atoms with van der Waals surface area (Å²) >= 11 is 0. The van der Waals surface area contributed by atoms with Gasteiger partial charge >= 0.3 is 5.97 Å². The fourth-order valence-corrected chi connectivity index (χ4v) is 6.28. The van der Waals surface area contributed by atoms with Crippen LogP contribution in [0.4, 0.5) is 0 Å². The van der Waals surface area contributed by atoms with Crippen molar-refractivity contribution in [1.82, 2.24) is 0 Å². The number of carbonyl (C=O) groups is 1. The first-order chi connectivity index (χ1) is 20.5. The molecule has 4 aromatic carbocycles.